The van der Waals surface area contributed by atoms with Gasteiger partial charge in [-0.15, -0.1) is 0 Å². The Bertz CT molecular complexity index is 881. The summed E-state index contributed by atoms with van der Waals surface area (Å²) in [5.41, 5.74) is 7.99. The summed E-state index contributed by atoms with van der Waals surface area (Å²) in [7, 11) is 5.88. The van der Waals surface area contributed by atoms with Crippen molar-refractivity contribution in [1.82, 2.24) is 0 Å². The Kier molecular flexibility index (Phi) is 3.53. The molecule has 120 valence electrons. The molecule has 0 fully saturated rings. The van der Waals surface area contributed by atoms with Gasteiger partial charge in [-0.2, -0.15) is 0 Å². The second-order valence-corrected chi connectivity index (χ2v) is 6.46. The molecule has 24 heavy (non-hydrogen) atoms. The Morgan fingerprint density at radius 1 is 0.792 bits per heavy atom. The smallest absolute Gasteiger partial charge is 0.118 e. The Morgan fingerprint density at radius 3 is 2.21 bits per heavy atom. The lowest BCUT2D eigenvalue weighted by Gasteiger charge is -2.17. The second kappa shape index (κ2) is 5.72. The summed E-state index contributed by atoms with van der Waals surface area (Å²) in [5.74, 6) is 1.19. The minimum atomic E-state index is 0.290. The van der Waals surface area contributed by atoms with Crippen molar-refractivity contribution in [2.45, 2.75) is 5.92 Å². The van der Waals surface area contributed by atoms with Gasteiger partial charge in [0.2, 0.25) is 0 Å². The van der Waals surface area contributed by atoms with Gasteiger partial charge >= 0.3 is 0 Å². The fraction of sp³-hybridized carbons (Fsp3) is 0.182. The first-order valence-electron chi connectivity index (χ1n) is 8.23. The number of anilines is 1. The molecule has 0 saturated carbocycles. The molecule has 1 unspecified atom stereocenters. The summed E-state index contributed by atoms with van der Waals surface area (Å²) in [5, 5.41) is 0. The largest absolute Gasteiger partial charge is 0.497 e. The van der Waals surface area contributed by atoms with Crippen LogP contribution in [0, 0.1) is 0 Å². The van der Waals surface area contributed by atoms with Crippen molar-refractivity contribution in [1.29, 1.82) is 0 Å². The molecule has 0 saturated heterocycles. The van der Waals surface area contributed by atoms with E-state index < -0.39 is 0 Å². The Hall–Kier alpha value is -2.74. The zero-order chi connectivity index (χ0) is 16.7. The van der Waals surface area contributed by atoms with Gasteiger partial charge in [0.25, 0.3) is 0 Å². The maximum Gasteiger partial charge on any atom is 0.118 e. The van der Waals surface area contributed by atoms with E-state index in [-0.39, 0.29) is 0 Å². The standard InChI is InChI=1S/C22H21NO/c1-23(2)16-10-13-20-21(14-16)18-6-4-5-7-19(18)22(20)15-8-11-17(24-3)12-9-15/h4-14,22H,1-3H3. The van der Waals surface area contributed by atoms with Gasteiger partial charge in [0.15, 0.2) is 0 Å². The maximum absolute atomic E-state index is 5.31. The normalized spacial score (nSPS) is 14.9. The third-order valence-electron chi connectivity index (χ3n) is 4.88. The van der Waals surface area contributed by atoms with Crippen LogP contribution in [0.5, 0.6) is 5.75 Å². The van der Waals surface area contributed by atoms with Crippen molar-refractivity contribution in [2.75, 3.05) is 26.1 Å². The lowest BCUT2D eigenvalue weighted by Crippen LogP contribution is -2.08. The predicted molar refractivity (Wildman–Crippen MR) is 100 cm³/mol. The topological polar surface area (TPSA) is 12.5 Å². The van der Waals surface area contributed by atoms with Crippen molar-refractivity contribution in [3.63, 3.8) is 0 Å². The highest BCUT2D eigenvalue weighted by Gasteiger charge is 2.29. The van der Waals surface area contributed by atoms with E-state index in [2.05, 4.69) is 73.6 Å². The third kappa shape index (κ3) is 2.26. The van der Waals surface area contributed by atoms with Gasteiger partial charge < -0.3 is 9.64 Å². The maximum atomic E-state index is 5.31. The first kappa shape index (κ1) is 14.8. The third-order valence-corrected chi connectivity index (χ3v) is 4.88. The fourth-order valence-corrected chi connectivity index (χ4v) is 3.62. The lowest BCUT2D eigenvalue weighted by molar-refractivity contribution is 0.414. The molecule has 0 amide bonds. The Morgan fingerprint density at radius 2 is 1.50 bits per heavy atom. The van der Waals surface area contributed by atoms with E-state index in [0.29, 0.717) is 5.92 Å². The second-order valence-electron chi connectivity index (χ2n) is 6.46. The van der Waals surface area contributed by atoms with Gasteiger partial charge in [-0.1, -0.05) is 42.5 Å². The van der Waals surface area contributed by atoms with Gasteiger partial charge in [-0.3, -0.25) is 0 Å². The van der Waals surface area contributed by atoms with Gasteiger partial charge in [-0.25, -0.2) is 0 Å². The quantitative estimate of drug-likeness (QED) is 0.532. The number of fused-ring (bicyclic) bond motifs is 3. The molecule has 0 heterocycles. The van der Waals surface area contributed by atoms with Crippen molar-refractivity contribution < 1.29 is 4.74 Å². The highest BCUT2D eigenvalue weighted by Crippen LogP contribution is 2.48. The van der Waals surface area contributed by atoms with Gasteiger partial charge in [0.1, 0.15) is 5.75 Å². The average Bonchev–Trinajstić information content (AvgIpc) is 2.95. The fourth-order valence-electron chi connectivity index (χ4n) is 3.62. The lowest BCUT2D eigenvalue weighted by atomic mass is 9.89. The number of hydrogen-bond acceptors (Lipinski definition) is 2. The van der Waals surface area contributed by atoms with E-state index in [1.54, 1.807) is 7.11 Å². The number of benzene rings is 3. The molecule has 0 spiro atoms. The molecule has 1 atom stereocenters. The zero-order valence-corrected chi connectivity index (χ0v) is 14.3. The predicted octanol–water partition coefficient (Wildman–Crippen LogP) is 4.92. The van der Waals surface area contributed by atoms with Crippen LogP contribution in [0.4, 0.5) is 5.69 Å². The number of rotatable bonds is 3. The molecular formula is C22H21NO. The summed E-state index contributed by atoms with van der Waals surface area (Å²) in [4.78, 5) is 2.16. The summed E-state index contributed by atoms with van der Waals surface area (Å²) >= 11 is 0. The molecule has 2 heteroatoms. The van der Waals surface area contributed by atoms with Gasteiger partial charge in [-0.05, 0) is 52.1 Å². The minimum absolute atomic E-state index is 0.290. The molecule has 2 nitrogen and oxygen atoms in total. The molecule has 1 aliphatic rings. The van der Waals surface area contributed by atoms with E-state index in [1.807, 2.05) is 12.1 Å². The van der Waals surface area contributed by atoms with Crippen LogP contribution in [0.1, 0.15) is 22.6 Å². The summed E-state index contributed by atoms with van der Waals surface area (Å²) < 4.78 is 5.31. The van der Waals surface area contributed by atoms with Crippen molar-refractivity contribution in [3.05, 3.63) is 83.4 Å². The number of nitrogens with zero attached hydrogens (tertiary/aromatic N) is 1. The van der Waals surface area contributed by atoms with E-state index in [4.69, 9.17) is 4.74 Å². The Labute approximate surface area is 143 Å². The Balaban J connectivity index is 1.89. The minimum Gasteiger partial charge on any atom is -0.497 e. The van der Waals surface area contributed by atoms with Crippen LogP contribution < -0.4 is 9.64 Å². The van der Waals surface area contributed by atoms with E-state index >= 15 is 0 Å². The van der Waals surface area contributed by atoms with E-state index in [1.165, 1.54) is 33.5 Å². The van der Waals surface area contributed by atoms with Crippen molar-refractivity contribution in [2.24, 2.45) is 0 Å². The molecule has 3 aromatic rings. The molecular weight excluding hydrogens is 294 g/mol. The van der Waals surface area contributed by atoms with E-state index in [9.17, 15) is 0 Å². The van der Waals surface area contributed by atoms with E-state index in [0.717, 1.165) is 5.75 Å². The highest BCUT2D eigenvalue weighted by molar-refractivity contribution is 5.83. The molecule has 1 aliphatic carbocycles. The molecule has 0 aliphatic heterocycles. The van der Waals surface area contributed by atoms with Gasteiger partial charge in [0, 0.05) is 25.7 Å². The molecule has 0 N–H and O–H groups in total. The molecule has 3 aromatic carbocycles. The number of methoxy groups -OCH3 is 1. The summed E-state index contributed by atoms with van der Waals surface area (Å²) in [6, 6.07) is 24.0. The molecule has 0 bridgehead atoms. The van der Waals surface area contributed by atoms with Crippen LogP contribution in [0.2, 0.25) is 0 Å². The SMILES string of the molecule is COc1ccc(C2c3ccccc3-c3cc(N(C)C)ccc32)cc1. The van der Waals surface area contributed by atoms with Crippen LogP contribution in [0.25, 0.3) is 11.1 Å². The van der Waals surface area contributed by atoms with Crippen LogP contribution in [0.15, 0.2) is 66.7 Å². The number of hydrogen-bond donors (Lipinski definition) is 0. The van der Waals surface area contributed by atoms with Crippen molar-refractivity contribution >= 4 is 5.69 Å². The summed E-state index contributed by atoms with van der Waals surface area (Å²) in [6.07, 6.45) is 0. The van der Waals surface area contributed by atoms with Crippen LogP contribution in [-0.2, 0) is 0 Å². The molecule has 0 aromatic heterocycles. The highest BCUT2D eigenvalue weighted by atomic mass is 16.5. The zero-order valence-electron chi connectivity index (χ0n) is 14.3. The van der Waals surface area contributed by atoms with Crippen LogP contribution >= 0.6 is 0 Å². The van der Waals surface area contributed by atoms with Gasteiger partial charge in [0.05, 0.1) is 7.11 Å². The van der Waals surface area contributed by atoms with Crippen LogP contribution in [0.3, 0.4) is 0 Å². The van der Waals surface area contributed by atoms with Crippen LogP contribution in [-0.4, -0.2) is 21.2 Å². The number of ether oxygens (including phenoxy) is 1. The first-order chi connectivity index (χ1) is 11.7. The monoisotopic (exact) mass is 315 g/mol. The molecule has 4 rings (SSSR count). The summed E-state index contributed by atoms with van der Waals surface area (Å²) in [6.45, 7) is 0. The average molecular weight is 315 g/mol. The first-order valence-corrected chi connectivity index (χ1v) is 8.23. The van der Waals surface area contributed by atoms with Crippen molar-refractivity contribution in [3.8, 4) is 16.9 Å². The molecule has 0 radical (unpaired) electrons.